The van der Waals surface area contributed by atoms with Gasteiger partial charge in [-0.25, -0.2) is 19.1 Å². The summed E-state index contributed by atoms with van der Waals surface area (Å²) in [5.74, 6) is 0.0997. The summed E-state index contributed by atoms with van der Waals surface area (Å²) in [6.45, 7) is -1.04. The number of rotatable bonds is 8. The first-order chi connectivity index (χ1) is 14.2. The van der Waals surface area contributed by atoms with Gasteiger partial charge in [-0.3, -0.25) is 13.6 Å². The van der Waals surface area contributed by atoms with Crippen molar-refractivity contribution in [2.45, 2.75) is 24.5 Å². The van der Waals surface area contributed by atoms with Crippen LogP contribution in [0, 0.1) is 0 Å². The van der Waals surface area contributed by atoms with Crippen LogP contribution < -0.4 is 5.73 Å². The monoisotopic (exact) mass is 506 g/mol. The second-order valence-electron chi connectivity index (χ2n) is 6.10. The number of nitrogen functional groups attached to an aromatic ring is 1. The van der Waals surface area contributed by atoms with E-state index in [4.69, 9.17) is 24.8 Å². The Morgan fingerprint density at radius 3 is 2.55 bits per heavy atom. The largest absolute Gasteiger partial charge is 0.488 e. The number of phosphoric ester groups is 2. The zero-order valence-electron chi connectivity index (χ0n) is 15.0. The Morgan fingerprint density at radius 2 is 1.94 bits per heavy atom. The van der Waals surface area contributed by atoms with Crippen LogP contribution in [0.5, 0.6) is 0 Å². The number of anilines is 1. The second-order valence-corrected chi connectivity index (χ2v) is 9.94. The van der Waals surface area contributed by atoms with Crippen molar-refractivity contribution in [3.05, 3.63) is 18.6 Å². The molecule has 1 unspecified atom stereocenters. The molecule has 31 heavy (non-hydrogen) atoms. The van der Waals surface area contributed by atoms with E-state index in [1.165, 1.54) is 16.8 Å². The molecule has 3 rings (SSSR count). The fraction of sp³-hybridized carbons (Fsp3) is 0.455. The molecule has 5 atom stereocenters. The van der Waals surface area contributed by atoms with Crippen LogP contribution in [0.4, 0.5) is 5.82 Å². The average Bonchev–Trinajstić information content (AvgIpc) is 3.13. The molecule has 0 amide bonds. The normalized spacial score (nSPS) is 26.9. The van der Waals surface area contributed by atoms with Gasteiger partial charge in [-0.15, -0.1) is 3.97 Å². The predicted molar refractivity (Wildman–Crippen MR) is 97.2 cm³/mol. The fourth-order valence-electron chi connectivity index (χ4n) is 2.88. The lowest BCUT2D eigenvalue weighted by Crippen LogP contribution is -2.35. The van der Waals surface area contributed by atoms with E-state index >= 15 is 0 Å². The Bertz CT molecular complexity index is 1170. The third kappa shape index (κ3) is 5.83. The number of aromatic nitrogens is 3. The van der Waals surface area contributed by atoms with Gasteiger partial charge >= 0.3 is 26.0 Å². The maximum atomic E-state index is 11.6. The number of hydrogen-bond donors (Lipinski definition) is 6. The third-order valence-electron chi connectivity index (χ3n) is 3.97. The van der Waals surface area contributed by atoms with E-state index in [1.807, 2.05) is 0 Å². The number of nitrogens with two attached hydrogens (primary N) is 1. The first-order valence-electron chi connectivity index (χ1n) is 7.97. The van der Waals surface area contributed by atoms with Gasteiger partial charge in [0.1, 0.15) is 36.1 Å². The van der Waals surface area contributed by atoms with E-state index in [0.717, 1.165) is 6.33 Å². The summed E-state index contributed by atoms with van der Waals surface area (Å²) < 4.78 is 71.7. The summed E-state index contributed by atoms with van der Waals surface area (Å²) in [5, 5.41) is 10.9. The molecule has 1 saturated heterocycles. The summed E-state index contributed by atoms with van der Waals surface area (Å²) in [7, 11) is -15.9. The van der Waals surface area contributed by atoms with Crippen LogP contribution in [0.1, 0.15) is 6.23 Å². The van der Waals surface area contributed by atoms with Crippen molar-refractivity contribution in [2.75, 3.05) is 12.3 Å². The number of fused-ring (bicyclic) bond motifs is 1. The summed E-state index contributed by atoms with van der Waals surface area (Å²) in [4.78, 5) is 35.3. The van der Waals surface area contributed by atoms with Crippen LogP contribution in [0.25, 0.3) is 11.0 Å². The number of phosphoric acid groups is 2. The van der Waals surface area contributed by atoms with Gasteiger partial charge in [0.2, 0.25) is 0 Å². The van der Waals surface area contributed by atoms with Gasteiger partial charge in [-0.2, -0.15) is 8.42 Å². The van der Waals surface area contributed by atoms with Crippen molar-refractivity contribution in [3.8, 4) is 0 Å². The van der Waals surface area contributed by atoms with Crippen LogP contribution in [0.2, 0.25) is 0 Å². The lowest BCUT2D eigenvalue weighted by molar-refractivity contribution is -0.0497. The summed E-state index contributed by atoms with van der Waals surface area (Å²) in [6, 6.07) is 1.48. The molecule has 174 valence electrons. The molecule has 3 heterocycles. The van der Waals surface area contributed by atoms with Gasteiger partial charge in [-0.1, -0.05) is 0 Å². The topological polar surface area (TPSA) is 263 Å². The molecule has 7 N–H and O–H groups in total. The Balaban J connectivity index is 1.88. The Kier molecular flexibility index (Phi) is 6.56. The van der Waals surface area contributed by atoms with E-state index in [9.17, 15) is 27.5 Å². The minimum absolute atomic E-state index is 0.0997. The SMILES string of the molecule is Nc1ncnc2c1ccn2[C@@H]1O[C@H](COP(=O)(O)OS(=O)(=O)O)[C@@H](OP(=O)(O)O)[C@H]1O. The molecule has 0 radical (unpaired) electrons. The van der Waals surface area contributed by atoms with Gasteiger partial charge in [0.25, 0.3) is 0 Å². The molecule has 20 heteroatoms. The zero-order valence-corrected chi connectivity index (χ0v) is 17.6. The van der Waals surface area contributed by atoms with E-state index in [-0.39, 0.29) is 11.5 Å². The van der Waals surface area contributed by atoms with E-state index in [0.29, 0.717) is 5.39 Å². The molecule has 2 aromatic rings. The minimum atomic E-state index is -5.38. The standard InChI is InChI=1S/C11H16N4O13P2S/c12-9-5-1-2-15(10(5)14-4-13-9)11-7(16)8(27-29(17,18)19)6(26-11)3-25-30(20,21)28-31(22,23)24/h1-2,4,6-8,11,16H,3H2,(H,20,21)(H2,12,13,14)(H2,17,18,19)(H,22,23,24)/t6-,7-,8-,11-/m1/s1. The second kappa shape index (κ2) is 8.43. The molecule has 0 saturated carbocycles. The summed E-state index contributed by atoms with van der Waals surface area (Å²) >= 11 is 0. The molecule has 1 aliphatic rings. The highest BCUT2D eigenvalue weighted by Gasteiger charge is 2.49. The summed E-state index contributed by atoms with van der Waals surface area (Å²) in [5.41, 5.74) is 5.91. The number of hydrogen-bond acceptors (Lipinski definition) is 12. The smallest absolute Gasteiger partial charge is 0.386 e. The van der Waals surface area contributed by atoms with Gasteiger partial charge < -0.3 is 34.8 Å². The van der Waals surface area contributed by atoms with Crippen molar-refractivity contribution >= 4 is 42.9 Å². The van der Waals surface area contributed by atoms with E-state index < -0.39 is 57.2 Å². The maximum Gasteiger partial charge on any atom is 0.488 e. The quantitative estimate of drug-likeness (QED) is 0.179. The van der Waals surface area contributed by atoms with Crippen molar-refractivity contribution in [3.63, 3.8) is 0 Å². The highest BCUT2D eigenvalue weighted by Crippen LogP contribution is 2.48. The lowest BCUT2D eigenvalue weighted by Gasteiger charge is -2.21. The predicted octanol–water partition coefficient (Wildman–Crippen LogP) is -1.31. The van der Waals surface area contributed by atoms with Gasteiger partial charge in [-0.05, 0) is 6.07 Å². The number of aliphatic hydroxyl groups is 1. The highest BCUT2D eigenvalue weighted by atomic mass is 32.3. The van der Waals surface area contributed by atoms with Crippen LogP contribution >= 0.6 is 15.6 Å². The zero-order chi connectivity index (χ0) is 23.2. The van der Waals surface area contributed by atoms with Crippen molar-refractivity contribution in [1.82, 2.24) is 14.5 Å². The van der Waals surface area contributed by atoms with Crippen LogP contribution in [0.15, 0.2) is 18.6 Å². The van der Waals surface area contributed by atoms with Gasteiger partial charge in [0.05, 0.1) is 12.0 Å². The van der Waals surface area contributed by atoms with Crippen LogP contribution in [0.3, 0.4) is 0 Å². The molecule has 2 aromatic heterocycles. The molecule has 0 spiro atoms. The molecule has 0 bridgehead atoms. The molecule has 1 aliphatic heterocycles. The van der Waals surface area contributed by atoms with Gasteiger partial charge in [0, 0.05) is 6.20 Å². The first-order valence-corrected chi connectivity index (χ1v) is 12.4. The fourth-order valence-corrected chi connectivity index (χ4v) is 4.91. The third-order valence-corrected chi connectivity index (χ3v) is 6.47. The lowest BCUT2D eigenvalue weighted by atomic mass is 10.1. The highest BCUT2D eigenvalue weighted by molar-refractivity contribution is 7.85. The molecular weight excluding hydrogens is 490 g/mol. The Morgan fingerprint density at radius 1 is 1.26 bits per heavy atom. The minimum Gasteiger partial charge on any atom is -0.386 e. The van der Waals surface area contributed by atoms with E-state index in [2.05, 4.69) is 23.0 Å². The molecule has 17 nitrogen and oxygen atoms in total. The first kappa shape index (κ1) is 24.1. The maximum absolute atomic E-state index is 11.6. The van der Waals surface area contributed by atoms with Crippen molar-refractivity contribution < 1.29 is 59.6 Å². The molecule has 1 fully saturated rings. The molecular formula is C11H16N4O13P2S. The van der Waals surface area contributed by atoms with Crippen molar-refractivity contribution in [1.29, 1.82) is 0 Å². The Labute approximate surface area is 173 Å². The summed E-state index contributed by atoms with van der Waals surface area (Å²) in [6.07, 6.45) is -4.09. The van der Waals surface area contributed by atoms with Gasteiger partial charge in [0.15, 0.2) is 6.23 Å². The molecule has 0 aromatic carbocycles. The number of aliphatic hydroxyl groups excluding tert-OH is 1. The van der Waals surface area contributed by atoms with Crippen LogP contribution in [-0.4, -0.2) is 72.2 Å². The van der Waals surface area contributed by atoms with Crippen LogP contribution in [-0.2, 0) is 37.3 Å². The average molecular weight is 506 g/mol. The molecule has 0 aliphatic carbocycles. The van der Waals surface area contributed by atoms with Crippen molar-refractivity contribution in [2.24, 2.45) is 0 Å². The van der Waals surface area contributed by atoms with E-state index in [1.54, 1.807) is 0 Å². The Hall–Kier alpha value is -1.53. The number of nitrogens with zero attached hydrogens (tertiary/aromatic N) is 3. The number of ether oxygens (including phenoxy) is 1.